The van der Waals surface area contributed by atoms with E-state index >= 15 is 0 Å². The number of pyridine rings is 1. The predicted molar refractivity (Wildman–Crippen MR) is 204 cm³/mol. The van der Waals surface area contributed by atoms with Gasteiger partial charge in [-0.25, -0.2) is 9.59 Å². The summed E-state index contributed by atoms with van der Waals surface area (Å²) in [4.78, 5) is 61.3. The van der Waals surface area contributed by atoms with Crippen LogP contribution in [-0.2, 0) is 29.0 Å². The summed E-state index contributed by atoms with van der Waals surface area (Å²) >= 11 is 0. The van der Waals surface area contributed by atoms with Crippen molar-refractivity contribution in [2.24, 2.45) is 11.3 Å². The number of hydrogen-bond acceptors (Lipinski definition) is 6. The summed E-state index contributed by atoms with van der Waals surface area (Å²) in [5.74, 6) is -1.04. The van der Waals surface area contributed by atoms with Crippen molar-refractivity contribution in [3.05, 3.63) is 101 Å². The smallest absolute Gasteiger partial charge is 0.405 e. The van der Waals surface area contributed by atoms with Crippen molar-refractivity contribution >= 4 is 23.9 Å². The predicted octanol–water partition coefficient (Wildman–Crippen LogP) is 4.93. The van der Waals surface area contributed by atoms with Crippen LogP contribution in [0.3, 0.4) is 0 Å². The molecule has 286 valence electrons. The van der Waals surface area contributed by atoms with Gasteiger partial charge >= 0.3 is 12.1 Å². The monoisotopic (exact) mass is 728 g/mol. The maximum absolute atomic E-state index is 14.4. The first-order valence-corrected chi connectivity index (χ1v) is 18.5. The average Bonchev–Trinajstić information content (AvgIpc) is 3.45. The van der Waals surface area contributed by atoms with E-state index < -0.39 is 47.7 Å². The fraction of sp³-hybridized carbons (Fsp3) is 0.488. The number of amides is 5. The number of nitrogens with one attached hydrogen (secondary N) is 3. The largest absolute Gasteiger partial charge is 0.465 e. The molecule has 6 atom stereocenters. The summed E-state index contributed by atoms with van der Waals surface area (Å²) in [5, 5.41) is 30.0. The van der Waals surface area contributed by atoms with Crippen molar-refractivity contribution in [3.63, 3.8) is 0 Å². The molecule has 3 aromatic rings. The van der Waals surface area contributed by atoms with Crippen molar-refractivity contribution < 1.29 is 29.4 Å². The Morgan fingerprint density at radius 2 is 1.47 bits per heavy atom. The van der Waals surface area contributed by atoms with E-state index in [-0.39, 0.29) is 24.3 Å². The molecule has 53 heavy (non-hydrogen) atoms. The SMILES string of the molecule is CCC(C)[C@@H](C(=O)N[C@@H](Cc1ccccc1)[C@@H](O)C[C@H](Cc1ccccc1)NC(=O)[C@@H](NC(=O)O)C(C)(C)C)N1CCN(Cc2cccc(C)n2)C1=O. The second kappa shape index (κ2) is 18.7. The molecule has 0 radical (unpaired) electrons. The van der Waals surface area contributed by atoms with Crippen LogP contribution in [0.2, 0.25) is 0 Å². The molecule has 12 nitrogen and oxygen atoms in total. The highest BCUT2D eigenvalue weighted by atomic mass is 16.4. The molecule has 0 aliphatic carbocycles. The van der Waals surface area contributed by atoms with Gasteiger partial charge in [0, 0.05) is 24.8 Å². The highest BCUT2D eigenvalue weighted by molar-refractivity contribution is 5.88. The zero-order valence-electron chi connectivity index (χ0n) is 31.8. The Balaban J connectivity index is 1.59. The third-order valence-corrected chi connectivity index (χ3v) is 9.90. The molecule has 1 aliphatic heterocycles. The number of aryl methyl sites for hydroxylation is 1. The van der Waals surface area contributed by atoms with Crippen LogP contribution < -0.4 is 16.0 Å². The van der Waals surface area contributed by atoms with Crippen LogP contribution in [-0.4, -0.2) is 92.3 Å². The van der Waals surface area contributed by atoms with Crippen molar-refractivity contribution in [1.82, 2.24) is 30.7 Å². The normalized spacial score (nSPS) is 16.6. The molecule has 1 aromatic heterocycles. The third kappa shape index (κ3) is 11.8. The third-order valence-electron chi connectivity index (χ3n) is 9.90. The summed E-state index contributed by atoms with van der Waals surface area (Å²) < 4.78 is 0. The molecule has 0 spiro atoms. The Labute approximate surface area is 313 Å². The molecule has 1 saturated heterocycles. The van der Waals surface area contributed by atoms with Gasteiger partial charge in [0.1, 0.15) is 12.1 Å². The van der Waals surface area contributed by atoms with Gasteiger partial charge in [0.15, 0.2) is 0 Å². The number of nitrogens with zero attached hydrogens (tertiary/aromatic N) is 3. The lowest BCUT2D eigenvalue weighted by Gasteiger charge is -2.35. The first-order valence-electron chi connectivity index (χ1n) is 18.5. The van der Waals surface area contributed by atoms with Gasteiger partial charge in [0.2, 0.25) is 11.8 Å². The standard InChI is InChI=1S/C41H56N6O6/c1-7-27(2)35(47-22-21-46(40(47)53)26-31-20-14-15-28(3)42-31)37(49)44-33(24-30-18-12-9-13-19-30)34(48)25-32(23-29-16-10-8-11-17-29)43-38(50)36(41(4,5)6)45-39(51)52/h8-20,27,32-36,45,48H,7,21-26H2,1-6H3,(H,43,50)(H,44,49)(H,51,52)/t27?,32-,33-,34-,35-,36+/m0/s1. The van der Waals surface area contributed by atoms with E-state index in [2.05, 4.69) is 20.9 Å². The molecule has 0 saturated carbocycles. The molecule has 0 bridgehead atoms. The Morgan fingerprint density at radius 3 is 2.04 bits per heavy atom. The molecule has 4 rings (SSSR count). The lowest BCUT2D eigenvalue weighted by atomic mass is 9.85. The van der Waals surface area contributed by atoms with Crippen molar-refractivity contribution in [3.8, 4) is 0 Å². The molecule has 5 N–H and O–H groups in total. The Morgan fingerprint density at radius 1 is 0.849 bits per heavy atom. The molecule has 5 amide bonds. The number of aliphatic hydroxyl groups excluding tert-OH is 1. The number of hydrogen-bond donors (Lipinski definition) is 5. The Hall–Kier alpha value is -4.97. The van der Waals surface area contributed by atoms with Crippen molar-refractivity contribution in [2.45, 2.75) is 104 Å². The lowest BCUT2D eigenvalue weighted by molar-refractivity contribution is -0.129. The van der Waals surface area contributed by atoms with Gasteiger partial charge in [-0.05, 0) is 60.8 Å². The molecular weight excluding hydrogens is 672 g/mol. The van der Waals surface area contributed by atoms with Crippen LogP contribution in [0.25, 0.3) is 0 Å². The number of benzene rings is 2. The van der Waals surface area contributed by atoms with Gasteiger partial charge in [-0.15, -0.1) is 0 Å². The molecule has 2 heterocycles. The van der Waals surface area contributed by atoms with Gasteiger partial charge < -0.3 is 36.0 Å². The Bertz CT molecular complexity index is 1670. The number of aliphatic hydroxyl groups is 1. The zero-order chi connectivity index (χ0) is 38.7. The summed E-state index contributed by atoms with van der Waals surface area (Å²) in [7, 11) is 0. The van der Waals surface area contributed by atoms with Crippen LogP contribution in [0.15, 0.2) is 78.9 Å². The Kier molecular flexibility index (Phi) is 14.4. The number of urea groups is 1. The quantitative estimate of drug-likeness (QED) is 0.132. The zero-order valence-corrected chi connectivity index (χ0v) is 31.8. The molecule has 1 fully saturated rings. The van der Waals surface area contributed by atoms with E-state index in [1.807, 2.05) is 99.6 Å². The molecule has 1 unspecified atom stereocenters. The van der Waals surface area contributed by atoms with E-state index in [9.17, 15) is 29.4 Å². The number of carbonyl (C=O) groups is 4. The molecule has 1 aliphatic rings. The number of rotatable bonds is 17. The van der Waals surface area contributed by atoms with Crippen LogP contribution >= 0.6 is 0 Å². The molecular formula is C41H56N6O6. The van der Waals surface area contributed by atoms with Gasteiger partial charge in [0.05, 0.1) is 24.4 Å². The van der Waals surface area contributed by atoms with E-state index in [0.29, 0.717) is 38.9 Å². The topological polar surface area (TPSA) is 164 Å². The van der Waals surface area contributed by atoms with Crippen molar-refractivity contribution in [1.29, 1.82) is 0 Å². The van der Waals surface area contributed by atoms with E-state index in [0.717, 1.165) is 22.5 Å². The maximum atomic E-state index is 14.4. The minimum atomic E-state index is -1.31. The summed E-state index contributed by atoms with van der Waals surface area (Å²) in [6.45, 7) is 12.3. The fourth-order valence-corrected chi connectivity index (χ4v) is 6.87. The second-order valence-electron chi connectivity index (χ2n) is 15.2. The molecule has 2 aromatic carbocycles. The lowest BCUT2D eigenvalue weighted by Crippen LogP contribution is -2.58. The van der Waals surface area contributed by atoms with Gasteiger partial charge in [-0.1, -0.05) is 108 Å². The van der Waals surface area contributed by atoms with E-state index in [1.165, 1.54) is 0 Å². The average molecular weight is 729 g/mol. The number of carboxylic acid groups (broad SMARTS) is 1. The fourth-order valence-electron chi connectivity index (χ4n) is 6.87. The van der Waals surface area contributed by atoms with Crippen LogP contribution in [0.1, 0.15) is 70.0 Å². The van der Waals surface area contributed by atoms with Crippen molar-refractivity contribution in [2.75, 3.05) is 13.1 Å². The minimum absolute atomic E-state index is 0.0657. The first kappa shape index (κ1) is 40.8. The summed E-state index contributed by atoms with van der Waals surface area (Å²) in [6, 6.07) is 21.3. The van der Waals surface area contributed by atoms with E-state index in [1.54, 1.807) is 30.6 Å². The summed E-state index contributed by atoms with van der Waals surface area (Å²) in [5.41, 5.74) is 2.73. The highest BCUT2D eigenvalue weighted by Crippen LogP contribution is 2.24. The number of carbonyl (C=O) groups excluding carboxylic acids is 3. The summed E-state index contributed by atoms with van der Waals surface area (Å²) in [6.07, 6.45) is -1.05. The van der Waals surface area contributed by atoms with Gasteiger partial charge in [0.25, 0.3) is 0 Å². The van der Waals surface area contributed by atoms with Crippen LogP contribution in [0, 0.1) is 18.3 Å². The molecule has 12 heteroatoms. The minimum Gasteiger partial charge on any atom is -0.465 e. The van der Waals surface area contributed by atoms with Crippen LogP contribution in [0.4, 0.5) is 9.59 Å². The van der Waals surface area contributed by atoms with Gasteiger partial charge in [-0.2, -0.15) is 0 Å². The van der Waals surface area contributed by atoms with Gasteiger partial charge in [-0.3, -0.25) is 14.6 Å². The van der Waals surface area contributed by atoms with E-state index in [4.69, 9.17) is 0 Å². The second-order valence-corrected chi connectivity index (χ2v) is 15.2. The first-order chi connectivity index (χ1) is 25.2. The highest BCUT2D eigenvalue weighted by Gasteiger charge is 2.41. The van der Waals surface area contributed by atoms with Crippen LogP contribution in [0.5, 0.6) is 0 Å². The maximum Gasteiger partial charge on any atom is 0.405 e. The number of aromatic nitrogens is 1.